The lowest BCUT2D eigenvalue weighted by molar-refractivity contribution is 0.316. The van der Waals surface area contributed by atoms with Crippen LogP contribution in [0, 0.1) is 0 Å². The van der Waals surface area contributed by atoms with Crippen LogP contribution in [-0.2, 0) is 0 Å². The molecule has 1 rings (SSSR count). The van der Waals surface area contributed by atoms with Crippen LogP contribution in [0.2, 0.25) is 0 Å². The predicted octanol–water partition coefficient (Wildman–Crippen LogP) is 2.05. The van der Waals surface area contributed by atoms with Gasteiger partial charge in [-0.15, -0.1) is 6.58 Å². The molecule has 0 atom stereocenters. The number of nitrogens with zero attached hydrogens (tertiary/aromatic N) is 1. The van der Waals surface area contributed by atoms with Gasteiger partial charge in [-0.2, -0.15) is 0 Å². The van der Waals surface area contributed by atoms with Crippen molar-refractivity contribution in [2.24, 2.45) is 0 Å². The summed E-state index contributed by atoms with van der Waals surface area (Å²) < 4.78 is 0. The van der Waals surface area contributed by atoms with Crippen LogP contribution in [0.15, 0.2) is 12.7 Å². The molecule has 0 aromatic rings. The molecule has 1 heterocycles. The van der Waals surface area contributed by atoms with Gasteiger partial charge in [0, 0.05) is 6.54 Å². The molecule has 1 nitrogen and oxygen atoms in total. The van der Waals surface area contributed by atoms with Gasteiger partial charge >= 0.3 is 0 Å². The predicted molar refractivity (Wildman–Crippen MR) is 45.1 cm³/mol. The fourth-order valence-corrected chi connectivity index (χ4v) is 1.50. The van der Waals surface area contributed by atoms with E-state index in [9.17, 15) is 0 Å². The summed E-state index contributed by atoms with van der Waals surface area (Å²) in [6.07, 6.45) is 7.62. The molecule has 0 saturated carbocycles. The Morgan fingerprint density at radius 1 is 1.10 bits per heavy atom. The Morgan fingerprint density at radius 2 is 1.70 bits per heavy atom. The van der Waals surface area contributed by atoms with Crippen molar-refractivity contribution in [3.8, 4) is 0 Å². The molecule has 0 aromatic carbocycles. The minimum absolute atomic E-state index is 1.08. The van der Waals surface area contributed by atoms with Crippen molar-refractivity contribution in [1.82, 2.24) is 4.90 Å². The molecule has 1 aliphatic rings. The Hall–Kier alpha value is -0.300. The molecule has 10 heavy (non-hydrogen) atoms. The van der Waals surface area contributed by atoms with Crippen LogP contribution in [0.5, 0.6) is 0 Å². The fourth-order valence-electron chi connectivity index (χ4n) is 1.50. The third kappa shape index (κ3) is 2.53. The highest BCUT2D eigenvalue weighted by molar-refractivity contribution is 4.74. The quantitative estimate of drug-likeness (QED) is 0.419. The standard InChI is InChI=1S/C9H17N/c1-2-7-10-8-5-3-4-6-9-10/h2H,1,3-9H2/i8+1. The van der Waals surface area contributed by atoms with Gasteiger partial charge < -0.3 is 0 Å². The zero-order valence-electron chi connectivity index (χ0n) is 6.68. The van der Waals surface area contributed by atoms with Crippen LogP contribution in [0.3, 0.4) is 0 Å². The van der Waals surface area contributed by atoms with E-state index in [1.165, 1.54) is 38.8 Å². The van der Waals surface area contributed by atoms with E-state index in [0.29, 0.717) is 0 Å². The zero-order valence-corrected chi connectivity index (χ0v) is 6.68. The average Bonchev–Trinajstić information content (AvgIpc) is 2.17. The smallest absolute Gasteiger partial charge is 0.0160 e. The average molecular weight is 140 g/mol. The third-order valence-electron chi connectivity index (χ3n) is 2.09. The van der Waals surface area contributed by atoms with Crippen molar-refractivity contribution in [3.05, 3.63) is 12.7 Å². The summed E-state index contributed by atoms with van der Waals surface area (Å²) in [5, 5.41) is 0. The van der Waals surface area contributed by atoms with E-state index in [4.69, 9.17) is 0 Å². The second-order valence-electron chi connectivity index (χ2n) is 3.00. The van der Waals surface area contributed by atoms with Gasteiger partial charge in [0.25, 0.3) is 0 Å². The molecule has 0 aliphatic carbocycles. The van der Waals surface area contributed by atoms with Gasteiger partial charge in [-0.1, -0.05) is 18.9 Å². The number of rotatable bonds is 2. The molecule has 0 bridgehead atoms. The van der Waals surface area contributed by atoms with Crippen molar-refractivity contribution in [2.75, 3.05) is 19.6 Å². The Labute approximate surface area is 63.7 Å². The van der Waals surface area contributed by atoms with Crippen LogP contribution in [0.1, 0.15) is 25.7 Å². The second-order valence-corrected chi connectivity index (χ2v) is 3.00. The Morgan fingerprint density at radius 3 is 2.20 bits per heavy atom. The summed E-state index contributed by atoms with van der Waals surface area (Å²) in [5.41, 5.74) is 0. The fraction of sp³-hybridized carbons (Fsp3) is 0.778. The molecule has 0 spiro atoms. The van der Waals surface area contributed by atoms with Crippen molar-refractivity contribution < 1.29 is 0 Å². The molecule has 1 aliphatic heterocycles. The summed E-state index contributed by atoms with van der Waals surface area (Å²) >= 11 is 0. The van der Waals surface area contributed by atoms with Crippen molar-refractivity contribution >= 4 is 0 Å². The van der Waals surface area contributed by atoms with Crippen LogP contribution in [0.4, 0.5) is 0 Å². The Kier molecular flexibility index (Phi) is 3.52. The van der Waals surface area contributed by atoms with Gasteiger partial charge in [0.05, 0.1) is 0 Å². The van der Waals surface area contributed by atoms with E-state index in [2.05, 4.69) is 11.5 Å². The molecule has 1 fully saturated rings. The monoisotopic (exact) mass is 140 g/mol. The lowest BCUT2D eigenvalue weighted by Crippen LogP contribution is -2.24. The van der Waals surface area contributed by atoms with Crippen LogP contribution >= 0.6 is 0 Å². The Bertz CT molecular complexity index is 90.9. The van der Waals surface area contributed by atoms with E-state index in [0.717, 1.165) is 6.54 Å². The highest BCUT2D eigenvalue weighted by atomic mass is 15.2. The normalized spacial score (nSPS) is 22.0. The highest BCUT2D eigenvalue weighted by Gasteiger charge is 2.05. The lowest BCUT2D eigenvalue weighted by atomic mass is 10.2. The number of likely N-dealkylation sites (tertiary alicyclic amines) is 1. The van der Waals surface area contributed by atoms with E-state index in [1.807, 2.05) is 6.08 Å². The molecule has 0 amide bonds. The first-order valence-electron chi connectivity index (χ1n) is 4.27. The molecule has 58 valence electrons. The van der Waals surface area contributed by atoms with Crippen molar-refractivity contribution in [1.29, 1.82) is 0 Å². The first-order valence-corrected chi connectivity index (χ1v) is 4.27. The van der Waals surface area contributed by atoms with Crippen LogP contribution in [0.25, 0.3) is 0 Å². The molecule has 0 N–H and O–H groups in total. The molecular weight excluding hydrogens is 123 g/mol. The van der Waals surface area contributed by atoms with Gasteiger partial charge in [0.1, 0.15) is 0 Å². The molecular formula is C9H17N. The van der Waals surface area contributed by atoms with E-state index < -0.39 is 0 Å². The van der Waals surface area contributed by atoms with Gasteiger partial charge in [0.2, 0.25) is 0 Å². The maximum absolute atomic E-state index is 3.74. The third-order valence-corrected chi connectivity index (χ3v) is 2.09. The maximum Gasteiger partial charge on any atom is 0.0160 e. The van der Waals surface area contributed by atoms with Crippen molar-refractivity contribution in [3.63, 3.8) is 0 Å². The molecule has 1 heteroatoms. The highest BCUT2D eigenvalue weighted by Crippen LogP contribution is 2.08. The maximum atomic E-state index is 3.74. The Balaban J connectivity index is 2.21. The largest absolute Gasteiger partial charge is 0.300 e. The van der Waals surface area contributed by atoms with Gasteiger partial charge in [0.15, 0.2) is 0 Å². The van der Waals surface area contributed by atoms with E-state index >= 15 is 0 Å². The summed E-state index contributed by atoms with van der Waals surface area (Å²) in [5.74, 6) is 0. The van der Waals surface area contributed by atoms with Crippen LogP contribution in [-0.4, -0.2) is 24.5 Å². The molecule has 0 aromatic heterocycles. The van der Waals surface area contributed by atoms with Gasteiger partial charge in [-0.05, 0) is 25.9 Å². The second kappa shape index (κ2) is 4.51. The summed E-state index contributed by atoms with van der Waals surface area (Å²) in [6.45, 7) is 7.39. The van der Waals surface area contributed by atoms with Gasteiger partial charge in [-0.3, -0.25) is 4.90 Å². The summed E-state index contributed by atoms with van der Waals surface area (Å²) in [6, 6.07) is 0. The van der Waals surface area contributed by atoms with E-state index in [1.54, 1.807) is 0 Å². The summed E-state index contributed by atoms with van der Waals surface area (Å²) in [4.78, 5) is 2.49. The minimum atomic E-state index is 1.08. The molecule has 0 unspecified atom stereocenters. The van der Waals surface area contributed by atoms with Crippen molar-refractivity contribution in [2.45, 2.75) is 25.7 Å². The first kappa shape index (κ1) is 7.80. The minimum Gasteiger partial charge on any atom is -0.300 e. The molecule has 0 radical (unpaired) electrons. The zero-order chi connectivity index (χ0) is 7.23. The van der Waals surface area contributed by atoms with Gasteiger partial charge in [-0.25, -0.2) is 0 Å². The number of hydrogen-bond donors (Lipinski definition) is 0. The lowest BCUT2D eigenvalue weighted by Gasteiger charge is -2.16. The van der Waals surface area contributed by atoms with E-state index in [-0.39, 0.29) is 0 Å². The topological polar surface area (TPSA) is 3.24 Å². The number of hydrogen-bond acceptors (Lipinski definition) is 1. The summed E-state index contributed by atoms with van der Waals surface area (Å²) in [7, 11) is 0. The first-order chi connectivity index (χ1) is 4.93. The molecule has 1 saturated heterocycles. The van der Waals surface area contributed by atoms with Crippen LogP contribution < -0.4 is 0 Å². The SMILES string of the molecule is C=CCN1CCCCC[13CH2]1.